The Bertz CT molecular complexity index is 1140. The molecule has 0 radical (unpaired) electrons. The number of halogens is 2. The van der Waals surface area contributed by atoms with Gasteiger partial charge in [0.25, 0.3) is 10.0 Å². The van der Waals surface area contributed by atoms with Crippen LogP contribution in [0, 0.1) is 6.92 Å². The number of ether oxygens (including phenoxy) is 1. The number of rotatable bonds is 4. The van der Waals surface area contributed by atoms with E-state index >= 15 is 0 Å². The van der Waals surface area contributed by atoms with Crippen LogP contribution in [0.15, 0.2) is 35.2 Å². The van der Waals surface area contributed by atoms with E-state index in [4.69, 9.17) is 33.0 Å². The Morgan fingerprint density at radius 1 is 1.17 bits per heavy atom. The Balaban J connectivity index is 2.16. The number of carboxylic acids is 1. The summed E-state index contributed by atoms with van der Waals surface area (Å²) in [6, 6.07) is 5.87. The third kappa shape index (κ3) is 3.50. The van der Waals surface area contributed by atoms with E-state index in [0.29, 0.717) is 9.87 Å². The Hall–Kier alpha value is -2.49. The molecule has 1 N–H and O–H groups in total. The summed E-state index contributed by atoms with van der Waals surface area (Å²) < 4.78 is 32.5. The normalized spacial score (nSPS) is 16.4. The molecular formula is C18H16Cl2N2O6S. The fourth-order valence-corrected chi connectivity index (χ4v) is 4.93. The molecular weight excluding hydrogens is 443 g/mol. The van der Waals surface area contributed by atoms with Crippen molar-refractivity contribution in [1.29, 1.82) is 0 Å². The topological polar surface area (TPSA) is 104 Å². The predicted molar refractivity (Wildman–Crippen MR) is 109 cm³/mol. The zero-order chi connectivity index (χ0) is 21.7. The SMILES string of the molecule is Cc1c(O[C@H](C)C(=O)O)ccc2c1N(C)C(=O)N(c1ccc(Cl)c(Cl)c1)S2(=O)=O. The van der Waals surface area contributed by atoms with Crippen LogP contribution in [0.25, 0.3) is 0 Å². The fraction of sp³-hybridized carbons (Fsp3) is 0.222. The summed E-state index contributed by atoms with van der Waals surface area (Å²) in [6.45, 7) is 2.90. The van der Waals surface area contributed by atoms with Crippen LogP contribution >= 0.6 is 23.2 Å². The summed E-state index contributed by atoms with van der Waals surface area (Å²) in [5, 5.41) is 9.36. The number of nitrogens with zero attached hydrogens (tertiary/aromatic N) is 2. The van der Waals surface area contributed by atoms with Gasteiger partial charge in [-0.3, -0.25) is 4.90 Å². The highest BCUT2D eigenvalue weighted by Gasteiger charge is 2.42. The zero-order valence-corrected chi connectivity index (χ0v) is 17.8. The van der Waals surface area contributed by atoms with Gasteiger partial charge in [-0.05, 0) is 44.2 Å². The summed E-state index contributed by atoms with van der Waals surface area (Å²) in [5.41, 5.74) is 0.476. The molecule has 0 aliphatic carbocycles. The highest BCUT2D eigenvalue weighted by molar-refractivity contribution is 7.94. The van der Waals surface area contributed by atoms with Crippen LogP contribution in [0.5, 0.6) is 5.75 Å². The first-order chi connectivity index (χ1) is 13.5. The van der Waals surface area contributed by atoms with E-state index in [1.165, 1.54) is 44.3 Å². The molecule has 1 heterocycles. The number of fused-ring (bicyclic) bond motifs is 1. The summed E-state index contributed by atoms with van der Waals surface area (Å²) in [5.74, 6) is -1.01. The second-order valence-electron chi connectivity index (χ2n) is 6.34. The standard InChI is InChI=1S/C18H16Cl2N2O6S/c1-9-14(28-10(2)17(23)24)6-7-15-16(9)21(3)18(25)22(29(15,26)27)11-4-5-12(19)13(20)8-11/h4-8,10H,1-3H3,(H,23,24)/t10-/m1/s1. The van der Waals surface area contributed by atoms with Crippen molar-refractivity contribution in [3.8, 4) is 5.75 Å². The molecule has 1 aliphatic rings. The highest BCUT2D eigenvalue weighted by atomic mass is 35.5. The number of benzene rings is 2. The summed E-state index contributed by atoms with van der Waals surface area (Å²) >= 11 is 11.9. The number of amides is 2. The van der Waals surface area contributed by atoms with Crippen molar-refractivity contribution in [1.82, 2.24) is 0 Å². The molecule has 2 aromatic rings. The Kier molecular flexibility index (Phi) is 5.42. The molecule has 0 aromatic heterocycles. The van der Waals surface area contributed by atoms with Gasteiger partial charge in [-0.2, -0.15) is 4.31 Å². The Morgan fingerprint density at radius 2 is 1.83 bits per heavy atom. The van der Waals surface area contributed by atoms with Crippen LogP contribution in [0.1, 0.15) is 12.5 Å². The third-order valence-corrected chi connectivity index (χ3v) is 6.92. The van der Waals surface area contributed by atoms with Crippen molar-refractivity contribution in [2.45, 2.75) is 24.8 Å². The molecule has 29 heavy (non-hydrogen) atoms. The number of carbonyl (C=O) groups is 2. The highest BCUT2D eigenvalue weighted by Crippen LogP contribution is 2.42. The fourth-order valence-electron chi connectivity index (χ4n) is 2.94. The van der Waals surface area contributed by atoms with Crippen LogP contribution in [0.3, 0.4) is 0 Å². The average Bonchev–Trinajstić information content (AvgIpc) is 2.64. The molecule has 0 saturated carbocycles. The first kappa shape index (κ1) is 21.2. The number of hydrogen-bond acceptors (Lipinski definition) is 5. The molecule has 1 atom stereocenters. The van der Waals surface area contributed by atoms with Crippen molar-refractivity contribution in [2.24, 2.45) is 0 Å². The van der Waals surface area contributed by atoms with Gasteiger partial charge in [0.1, 0.15) is 10.6 Å². The quantitative estimate of drug-likeness (QED) is 0.744. The van der Waals surface area contributed by atoms with E-state index in [1.807, 2.05) is 0 Å². The van der Waals surface area contributed by atoms with Gasteiger partial charge in [0.2, 0.25) is 0 Å². The lowest BCUT2D eigenvalue weighted by molar-refractivity contribution is -0.144. The van der Waals surface area contributed by atoms with Gasteiger partial charge in [-0.25, -0.2) is 18.0 Å². The molecule has 154 valence electrons. The molecule has 0 unspecified atom stereocenters. The van der Waals surface area contributed by atoms with Gasteiger partial charge in [0.05, 0.1) is 21.4 Å². The minimum atomic E-state index is -4.26. The lowest BCUT2D eigenvalue weighted by Gasteiger charge is -2.35. The van der Waals surface area contributed by atoms with Crippen LogP contribution in [0.2, 0.25) is 10.0 Å². The molecule has 0 spiro atoms. The number of sulfonamides is 1. The second-order valence-corrected chi connectivity index (χ2v) is 8.91. The molecule has 2 aromatic carbocycles. The molecule has 8 nitrogen and oxygen atoms in total. The maximum atomic E-state index is 13.2. The molecule has 0 fully saturated rings. The molecule has 2 amide bonds. The van der Waals surface area contributed by atoms with Gasteiger partial charge < -0.3 is 9.84 Å². The van der Waals surface area contributed by atoms with Gasteiger partial charge in [-0.15, -0.1) is 0 Å². The molecule has 1 aliphatic heterocycles. The second kappa shape index (κ2) is 7.40. The zero-order valence-electron chi connectivity index (χ0n) is 15.5. The number of hydrogen-bond donors (Lipinski definition) is 1. The maximum Gasteiger partial charge on any atom is 0.344 e. The van der Waals surface area contributed by atoms with E-state index in [2.05, 4.69) is 0 Å². The number of carbonyl (C=O) groups excluding carboxylic acids is 1. The minimum absolute atomic E-state index is 0.0411. The minimum Gasteiger partial charge on any atom is -0.479 e. The van der Waals surface area contributed by atoms with Crippen LogP contribution in [-0.4, -0.2) is 38.7 Å². The van der Waals surface area contributed by atoms with E-state index in [-0.39, 0.29) is 32.1 Å². The van der Waals surface area contributed by atoms with Gasteiger partial charge in [0, 0.05) is 12.6 Å². The van der Waals surface area contributed by atoms with E-state index in [9.17, 15) is 18.0 Å². The summed E-state index contributed by atoms with van der Waals surface area (Å²) in [7, 11) is -2.85. The number of aliphatic carboxylic acids is 1. The largest absolute Gasteiger partial charge is 0.479 e. The number of anilines is 2. The molecule has 0 saturated heterocycles. The smallest absolute Gasteiger partial charge is 0.344 e. The lowest BCUT2D eigenvalue weighted by Crippen LogP contribution is -2.49. The summed E-state index contributed by atoms with van der Waals surface area (Å²) in [6.07, 6.45) is -1.15. The number of carboxylic acid groups (broad SMARTS) is 1. The van der Waals surface area contributed by atoms with E-state index < -0.39 is 28.1 Å². The van der Waals surface area contributed by atoms with Gasteiger partial charge in [0.15, 0.2) is 6.10 Å². The van der Waals surface area contributed by atoms with Crippen molar-refractivity contribution < 1.29 is 27.9 Å². The molecule has 11 heteroatoms. The van der Waals surface area contributed by atoms with Crippen LogP contribution < -0.4 is 13.9 Å². The monoisotopic (exact) mass is 458 g/mol. The third-order valence-electron chi connectivity index (χ3n) is 4.45. The number of urea groups is 1. The van der Waals surface area contributed by atoms with E-state index in [1.54, 1.807) is 6.92 Å². The predicted octanol–water partition coefficient (Wildman–Crippen LogP) is 3.92. The van der Waals surface area contributed by atoms with Crippen molar-refractivity contribution >= 4 is 56.6 Å². The van der Waals surface area contributed by atoms with Gasteiger partial charge in [-0.1, -0.05) is 23.2 Å². The van der Waals surface area contributed by atoms with Crippen molar-refractivity contribution in [2.75, 3.05) is 16.3 Å². The van der Waals surface area contributed by atoms with Crippen LogP contribution in [-0.2, 0) is 14.8 Å². The van der Waals surface area contributed by atoms with Crippen molar-refractivity contribution in [3.63, 3.8) is 0 Å². The summed E-state index contributed by atoms with van der Waals surface area (Å²) in [4.78, 5) is 25.1. The van der Waals surface area contributed by atoms with Crippen molar-refractivity contribution in [3.05, 3.63) is 45.9 Å². The average molecular weight is 459 g/mol. The van der Waals surface area contributed by atoms with Crippen LogP contribution in [0.4, 0.5) is 16.2 Å². The first-order valence-electron chi connectivity index (χ1n) is 8.28. The lowest BCUT2D eigenvalue weighted by atomic mass is 10.1. The maximum absolute atomic E-state index is 13.2. The van der Waals surface area contributed by atoms with E-state index in [0.717, 1.165) is 4.90 Å². The molecule has 0 bridgehead atoms. The Labute approximate surface area is 177 Å². The molecule has 3 rings (SSSR count). The first-order valence-corrected chi connectivity index (χ1v) is 10.5. The van der Waals surface area contributed by atoms with Gasteiger partial charge >= 0.3 is 12.0 Å². The Morgan fingerprint density at radius 3 is 2.41 bits per heavy atom.